The minimum absolute atomic E-state index is 0.0570. The van der Waals surface area contributed by atoms with Crippen LogP contribution in [0.25, 0.3) is 10.9 Å². The number of fused-ring (bicyclic) bond motifs is 1. The van der Waals surface area contributed by atoms with E-state index in [1.54, 1.807) is 16.2 Å². The van der Waals surface area contributed by atoms with Gasteiger partial charge in [0.15, 0.2) is 5.69 Å². The number of nitroso groups, excluding NO2 is 1. The van der Waals surface area contributed by atoms with Crippen molar-refractivity contribution in [1.82, 2.24) is 9.47 Å². The maximum Gasteiger partial charge on any atom is 0.222 e. The molecule has 2 aliphatic rings. The van der Waals surface area contributed by atoms with Gasteiger partial charge in [-0.25, -0.2) is 4.39 Å². The first kappa shape index (κ1) is 19.1. The molecule has 0 unspecified atom stereocenters. The molecule has 150 valence electrons. The predicted molar refractivity (Wildman–Crippen MR) is 109 cm³/mol. The van der Waals surface area contributed by atoms with Crippen molar-refractivity contribution in [3.63, 3.8) is 0 Å². The number of piperidine rings is 1. The molecule has 4 rings (SSSR count). The average molecular weight is 385 g/mol. The molecule has 6 heteroatoms. The molecule has 0 amide bonds. The molecule has 0 spiro atoms. The fourth-order valence-corrected chi connectivity index (χ4v) is 5.04. The molecular weight excluding hydrogens is 357 g/mol. The zero-order valence-corrected chi connectivity index (χ0v) is 16.6. The van der Waals surface area contributed by atoms with Crippen LogP contribution in [0.2, 0.25) is 0 Å². The first-order valence-electron chi connectivity index (χ1n) is 10.2. The number of nitrogens with zero attached hydrogens (tertiary/aromatic N) is 3. The Morgan fingerprint density at radius 1 is 1.11 bits per heavy atom. The van der Waals surface area contributed by atoms with Gasteiger partial charge in [-0.15, -0.1) is 4.91 Å². The highest BCUT2D eigenvalue weighted by Gasteiger charge is 2.30. The third kappa shape index (κ3) is 3.34. The van der Waals surface area contributed by atoms with Gasteiger partial charge in [0.2, 0.25) is 5.88 Å². The summed E-state index contributed by atoms with van der Waals surface area (Å²) in [6, 6.07) is 5.01. The molecule has 1 saturated carbocycles. The van der Waals surface area contributed by atoms with Crippen molar-refractivity contribution < 1.29 is 9.50 Å². The van der Waals surface area contributed by atoms with E-state index in [-0.39, 0.29) is 17.6 Å². The van der Waals surface area contributed by atoms with Gasteiger partial charge in [-0.3, -0.25) is 0 Å². The maximum absolute atomic E-state index is 13.6. The van der Waals surface area contributed by atoms with E-state index >= 15 is 0 Å². The van der Waals surface area contributed by atoms with E-state index in [4.69, 9.17) is 0 Å². The molecule has 28 heavy (non-hydrogen) atoms. The second-order valence-electron chi connectivity index (χ2n) is 8.40. The monoisotopic (exact) mass is 385 g/mol. The van der Waals surface area contributed by atoms with Gasteiger partial charge in [-0.2, -0.15) is 0 Å². The molecule has 2 heterocycles. The summed E-state index contributed by atoms with van der Waals surface area (Å²) < 4.78 is 15.4. The fourth-order valence-electron chi connectivity index (χ4n) is 5.04. The summed E-state index contributed by atoms with van der Waals surface area (Å²) in [4.78, 5) is 13.8. The number of aromatic nitrogens is 1. The summed E-state index contributed by atoms with van der Waals surface area (Å²) in [5.74, 6) is -0.572. The SMILES string of the molecule is CC(C)=C1CCC(N2CCC(n3c(O)c(N=O)c4cc(F)ccc43)CC2)CC1. The van der Waals surface area contributed by atoms with Gasteiger partial charge in [0.1, 0.15) is 5.82 Å². The molecule has 5 nitrogen and oxygen atoms in total. The molecule has 1 aliphatic heterocycles. The van der Waals surface area contributed by atoms with E-state index in [1.807, 2.05) is 0 Å². The quantitative estimate of drug-likeness (QED) is 0.536. The Bertz CT molecular complexity index is 911. The number of halogens is 1. The Hall–Kier alpha value is -2.21. The van der Waals surface area contributed by atoms with Crippen molar-refractivity contribution in [1.29, 1.82) is 0 Å². The molecule has 1 aliphatic carbocycles. The molecule has 1 aromatic heterocycles. The number of hydrogen-bond donors (Lipinski definition) is 1. The lowest BCUT2D eigenvalue weighted by Gasteiger charge is -2.40. The van der Waals surface area contributed by atoms with E-state index in [1.165, 1.54) is 43.4 Å². The van der Waals surface area contributed by atoms with Crippen LogP contribution in [0.15, 0.2) is 34.5 Å². The van der Waals surface area contributed by atoms with Crippen molar-refractivity contribution >= 4 is 16.6 Å². The number of aromatic hydroxyl groups is 1. The molecule has 0 atom stereocenters. The van der Waals surface area contributed by atoms with Crippen molar-refractivity contribution in [2.75, 3.05) is 13.1 Å². The third-order valence-electron chi connectivity index (χ3n) is 6.65. The van der Waals surface area contributed by atoms with Crippen molar-refractivity contribution in [3.8, 4) is 5.88 Å². The van der Waals surface area contributed by atoms with Crippen molar-refractivity contribution in [3.05, 3.63) is 40.1 Å². The summed E-state index contributed by atoms with van der Waals surface area (Å²) in [5.41, 5.74) is 3.72. The maximum atomic E-state index is 13.6. The average Bonchev–Trinajstić information content (AvgIpc) is 2.98. The van der Waals surface area contributed by atoms with Crippen molar-refractivity contribution in [2.24, 2.45) is 5.18 Å². The molecule has 2 aromatic rings. The van der Waals surface area contributed by atoms with Crippen LogP contribution in [0, 0.1) is 10.7 Å². The van der Waals surface area contributed by atoms with Crippen molar-refractivity contribution in [2.45, 2.75) is 64.5 Å². The number of likely N-dealkylation sites (tertiary alicyclic amines) is 1. The smallest absolute Gasteiger partial charge is 0.222 e. The molecule has 0 radical (unpaired) electrons. The standard InChI is InChI=1S/C22H28FN3O2/c1-14(2)15-3-6-17(7-4-15)25-11-9-18(10-12-25)26-20-8-5-16(23)13-19(20)21(24-28)22(26)27/h5,8,13,17-18,27H,3-4,6-7,9-12H2,1-2H3. The van der Waals surface area contributed by atoms with E-state index < -0.39 is 5.82 Å². The van der Waals surface area contributed by atoms with Crippen LogP contribution in [-0.4, -0.2) is 33.7 Å². The van der Waals surface area contributed by atoms with Crippen LogP contribution in [0.3, 0.4) is 0 Å². The second kappa shape index (κ2) is 7.66. The summed E-state index contributed by atoms with van der Waals surface area (Å²) in [6.07, 6.45) is 6.66. The van der Waals surface area contributed by atoms with Crippen LogP contribution in [-0.2, 0) is 0 Å². The zero-order valence-electron chi connectivity index (χ0n) is 16.6. The Morgan fingerprint density at radius 2 is 1.79 bits per heavy atom. The molecule has 2 fully saturated rings. The largest absolute Gasteiger partial charge is 0.493 e. The Labute approximate surface area is 164 Å². The topological polar surface area (TPSA) is 57.8 Å². The van der Waals surface area contributed by atoms with Gasteiger partial charge in [-0.1, -0.05) is 11.1 Å². The van der Waals surface area contributed by atoms with E-state index in [2.05, 4.69) is 23.9 Å². The Kier molecular flexibility index (Phi) is 5.23. The summed E-state index contributed by atoms with van der Waals surface area (Å²) in [6.45, 7) is 6.37. The van der Waals surface area contributed by atoms with Crippen LogP contribution in [0.4, 0.5) is 10.1 Å². The molecule has 1 saturated heterocycles. The Balaban J connectivity index is 1.50. The highest BCUT2D eigenvalue weighted by atomic mass is 19.1. The van der Waals surface area contributed by atoms with Crippen LogP contribution < -0.4 is 0 Å². The van der Waals surface area contributed by atoms with Gasteiger partial charge in [-0.05, 0) is 75.7 Å². The summed E-state index contributed by atoms with van der Waals surface area (Å²) >= 11 is 0. The lowest BCUT2D eigenvalue weighted by molar-refractivity contribution is 0.115. The molecule has 1 aromatic carbocycles. The molecular formula is C22H28FN3O2. The number of benzene rings is 1. The normalized spacial score (nSPS) is 22.0. The van der Waals surface area contributed by atoms with Crippen LogP contribution >= 0.6 is 0 Å². The number of rotatable bonds is 3. The lowest BCUT2D eigenvalue weighted by Crippen LogP contribution is -2.42. The highest BCUT2D eigenvalue weighted by molar-refractivity contribution is 5.95. The fraction of sp³-hybridized carbons (Fsp3) is 0.545. The summed E-state index contributed by atoms with van der Waals surface area (Å²) in [5, 5.41) is 13.9. The van der Waals surface area contributed by atoms with Gasteiger partial charge in [0, 0.05) is 30.6 Å². The second-order valence-corrected chi connectivity index (χ2v) is 8.40. The predicted octanol–water partition coefficient (Wildman–Crippen LogP) is 5.80. The lowest BCUT2D eigenvalue weighted by atomic mass is 9.86. The summed E-state index contributed by atoms with van der Waals surface area (Å²) in [7, 11) is 0. The van der Waals surface area contributed by atoms with Gasteiger partial charge in [0.05, 0.1) is 5.52 Å². The molecule has 1 N–H and O–H groups in total. The van der Waals surface area contributed by atoms with Gasteiger partial charge in [0.25, 0.3) is 0 Å². The van der Waals surface area contributed by atoms with E-state index in [0.29, 0.717) is 16.9 Å². The zero-order chi connectivity index (χ0) is 19.8. The highest BCUT2D eigenvalue weighted by Crippen LogP contribution is 2.43. The van der Waals surface area contributed by atoms with E-state index in [0.717, 1.165) is 25.9 Å². The van der Waals surface area contributed by atoms with Gasteiger partial charge >= 0.3 is 0 Å². The van der Waals surface area contributed by atoms with E-state index in [9.17, 15) is 14.4 Å². The van der Waals surface area contributed by atoms with Crippen LogP contribution in [0.1, 0.15) is 58.4 Å². The Morgan fingerprint density at radius 3 is 2.39 bits per heavy atom. The third-order valence-corrected chi connectivity index (χ3v) is 6.65. The minimum atomic E-state index is -0.433. The number of hydrogen-bond acceptors (Lipinski definition) is 4. The van der Waals surface area contributed by atoms with Crippen LogP contribution in [0.5, 0.6) is 5.88 Å². The first-order chi connectivity index (χ1) is 13.5. The van der Waals surface area contributed by atoms with Gasteiger partial charge < -0.3 is 14.6 Å². The number of allylic oxidation sites excluding steroid dienone is 2. The minimum Gasteiger partial charge on any atom is -0.493 e. The molecule has 0 bridgehead atoms. The first-order valence-corrected chi connectivity index (χ1v) is 10.2.